The summed E-state index contributed by atoms with van der Waals surface area (Å²) in [6.07, 6.45) is 0. The number of fused-ring (bicyclic) bond motifs is 20. The first-order valence-corrected chi connectivity index (χ1v) is 19.3. The van der Waals surface area contributed by atoms with Crippen molar-refractivity contribution >= 4 is 10.8 Å². The summed E-state index contributed by atoms with van der Waals surface area (Å²) in [6, 6.07) is 72.3. The van der Waals surface area contributed by atoms with Crippen molar-refractivity contribution in [2.75, 3.05) is 0 Å². The van der Waals surface area contributed by atoms with Crippen LogP contribution >= 0.6 is 0 Å². The minimum atomic E-state index is -0.466. The third-order valence-corrected chi connectivity index (χ3v) is 13.1. The van der Waals surface area contributed by atoms with Crippen molar-refractivity contribution in [2.45, 2.75) is 10.8 Å². The molecule has 1 aliphatic heterocycles. The van der Waals surface area contributed by atoms with Crippen LogP contribution in [-0.2, 0) is 10.8 Å². The number of hydrogen-bond acceptors (Lipinski definition) is 1. The van der Waals surface area contributed by atoms with E-state index in [1.807, 2.05) is 0 Å². The molecule has 0 saturated heterocycles. The fraction of sp³-hybridized carbons (Fsp3) is 0.0370. The highest BCUT2D eigenvalue weighted by molar-refractivity contribution is 6.00. The van der Waals surface area contributed by atoms with Gasteiger partial charge in [0.2, 0.25) is 0 Å². The highest BCUT2D eigenvalue weighted by Crippen LogP contribution is 2.65. The lowest BCUT2D eigenvalue weighted by molar-refractivity contribution is 0.436. The first-order chi connectivity index (χ1) is 27.3. The quantitative estimate of drug-likeness (QED) is 0.166. The zero-order chi connectivity index (χ0) is 35.9. The van der Waals surface area contributed by atoms with E-state index in [0.29, 0.717) is 0 Å². The Kier molecular flexibility index (Phi) is 5.56. The van der Waals surface area contributed by atoms with Gasteiger partial charge in [-0.2, -0.15) is 0 Å². The predicted molar refractivity (Wildman–Crippen MR) is 223 cm³/mol. The lowest BCUT2D eigenvalue weighted by Crippen LogP contribution is -2.32. The van der Waals surface area contributed by atoms with Crippen LogP contribution in [0.4, 0.5) is 0 Å². The Morgan fingerprint density at radius 2 is 0.655 bits per heavy atom. The molecule has 254 valence electrons. The third kappa shape index (κ3) is 3.50. The van der Waals surface area contributed by atoms with Crippen molar-refractivity contribution in [2.24, 2.45) is 0 Å². The predicted octanol–water partition coefficient (Wildman–Crippen LogP) is 13.3. The molecule has 0 aromatic heterocycles. The molecule has 0 N–H and O–H groups in total. The van der Waals surface area contributed by atoms with E-state index in [1.165, 1.54) is 94.2 Å². The number of rotatable bonds is 1. The minimum absolute atomic E-state index is 0.390. The van der Waals surface area contributed by atoms with E-state index in [4.69, 9.17) is 4.74 Å². The molecule has 0 bridgehead atoms. The Morgan fingerprint density at radius 3 is 1.27 bits per heavy atom. The second kappa shape index (κ2) is 10.4. The molecule has 1 unspecified atom stereocenters. The third-order valence-electron chi connectivity index (χ3n) is 13.1. The van der Waals surface area contributed by atoms with Crippen molar-refractivity contribution in [1.29, 1.82) is 0 Å². The minimum Gasteiger partial charge on any atom is -0.457 e. The summed E-state index contributed by atoms with van der Waals surface area (Å²) in [5, 5.41) is 2.55. The van der Waals surface area contributed by atoms with Crippen LogP contribution in [-0.4, -0.2) is 0 Å². The van der Waals surface area contributed by atoms with Gasteiger partial charge in [-0.25, -0.2) is 0 Å². The molecule has 9 aromatic carbocycles. The van der Waals surface area contributed by atoms with Crippen LogP contribution in [0, 0.1) is 0 Å². The SMILES string of the molecule is c1ccc2c(c1)Oc1cc(-c3ccc4c(c3)-c3ccccc3C43c4ccccc4-c4cc5ccccc5cc43)ccc1C21c2ccccc2-c2ccccc21. The highest BCUT2D eigenvalue weighted by Gasteiger charge is 2.53. The van der Waals surface area contributed by atoms with Crippen LogP contribution in [0.3, 0.4) is 0 Å². The second-order valence-electron chi connectivity index (χ2n) is 15.5. The molecule has 0 radical (unpaired) electrons. The Morgan fingerprint density at radius 1 is 0.255 bits per heavy atom. The average molecular weight is 697 g/mol. The molecular weight excluding hydrogens is 665 g/mol. The molecule has 1 nitrogen and oxygen atoms in total. The number of benzene rings is 9. The smallest absolute Gasteiger partial charge is 0.132 e. The fourth-order valence-electron chi connectivity index (χ4n) is 11.0. The van der Waals surface area contributed by atoms with Crippen LogP contribution in [0.2, 0.25) is 0 Å². The molecule has 1 heterocycles. The Labute approximate surface area is 319 Å². The van der Waals surface area contributed by atoms with Crippen molar-refractivity contribution in [3.63, 3.8) is 0 Å². The lowest BCUT2D eigenvalue weighted by Gasteiger charge is -2.39. The van der Waals surface area contributed by atoms with Gasteiger partial charge in [0.15, 0.2) is 0 Å². The van der Waals surface area contributed by atoms with Gasteiger partial charge in [-0.1, -0.05) is 164 Å². The normalized spacial score (nSPS) is 16.7. The number of hydrogen-bond donors (Lipinski definition) is 0. The summed E-state index contributed by atoms with van der Waals surface area (Å²) in [6.45, 7) is 0. The van der Waals surface area contributed by atoms with Crippen LogP contribution in [0.25, 0.3) is 55.3 Å². The molecule has 0 fully saturated rings. The van der Waals surface area contributed by atoms with E-state index in [1.54, 1.807) is 0 Å². The van der Waals surface area contributed by atoms with Gasteiger partial charge in [-0.05, 0) is 119 Å². The summed E-state index contributed by atoms with van der Waals surface area (Å²) in [4.78, 5) is 0. The fourth-order valence-corrected chi connectivity index (χ4v) is 11.0. The van der Waals surface area contributed by atoms with E-state index in [0.717, 1.165) is 17.1 Å². The summed E-state index contributed by atoms with van der Waals surface area (Å²) in [5.41, 5.74) is 19.7. The lowest BCUT2D eigenvalue weighted by atomic mass is 9.66. The Bertz CT molecular complexity index is 3100. The molecular formula is C54H32O. The first-order valence-electron chi connectivity index (χ1n) is 19.3. The van der Waals surface area contributed by atoms with Gasteiger partial charge in [0.25, 0.3) is 0 Å². The first kappa shape index (κ1) is 29.5. The molecule has 2 spiro atoms. The maximum absolute atomic E-state index is 6.89. The maximum atomic E-state index is 6.89. The molecule has 9 aromatic rings. The Hall–Kier alpha value is -6.96. The van der Waals surface area contributed by atoms with Gasteiger partial charge in [-0.15, -0.1) is 0 Å². The summed E-state index contributed by atoms with van der Waals surface area (Å²) in [5.74, 6) is 1.82. The molecule has 4 aliphatic rings. The van der Waals surface area contributed by atoms with Crippen LogP contribution < -0.4 is 4.74 Å². The van der Waals surface area contributed by atoms with Crippen LogP contribution in [0.1, 0.15) is 44.5 Å². The molecule has 13 rings (SSSR count). The highest BCUT2D eigenvalue weighted by atomic mass is 16.5. The van der Waals surface area contributed by atoms with E-state index in [-0.39, 0.29) is 0 Å². The summed E-state index contributed by atoms with van der Waals surface area (Å²) in [7, 11) is 0. The van der Waals surface area contributed by atoms with Gasteiger partial charge in [0.05, 0.1) is 10.8 Å². The second-order valence-corrected chi connectivity index (χ2v) is 15.5. The number of para-hydroxylation sites is 1. The molecule has 0 amide bonds. The van der Waals surface area contributed by atoms with Crippen molar-refractivity contribution in [1.82, 2.24) is 0 Å². The molecule has 0 saturated carbocycles. The van der Waals surface area contributed by atoms with Crippen molar-refractivity contribution in [3.8, 4) is 56.0 Å². The monoisotopic (exact) mass is 696 g/mol. The summed E-state index contributed by atoms with van der Waals surface area (Å²) >= 11 is 0. The standard InChI is InChI=1S/C54H32O/c1-2-14-34-31-50-42(29-33(34)13-1)40-18-6-10-22-46(40)53(50)45-21-9-5-17-39(45)41-30-35(25-27-47(41)53)36-26-28-49-52(32-36)55-51-24-12-11-23-48(51)54(49)43-19-7-3-15-37(43)38-16-4-8-20-44(38)54/h1-32H. The van der Waals surface area contributed by atoms with Gasteiger partial charge in [0.1, 0.15) is 11.5 Å². The topological polar surface area (TPSA) is 9.23 Å². The summed E-state index contributed by atoms with van der Waals surface area (Å²) < 4.78 is 6.89. The zero-order valence-electron chi connectivity index (χ0n) is 29.9. The average Bonchev–Trinajstić information content (AvgIpc) is 3.83. The largest absolute Gasteiger partial charge is 0.457 e. The van der Waals surface area contributed by atoms with Crippen LogP contribution in [0.15, 0.2) is 194 Å². The van der Waals surface area contributed by atoms with Crippen molar-refractivity contribution < 1.29 is 4.74 Å². The van der Waals surface area contributed by atoms with E-state index in [2.05, 4.69) is 194 Å². The molecule has 1 atom stereocenters. The van der Waals surface area contributed by atoms with Crippen LogP contribution in [0.5, 0.6) is 11.5 Å². The van der Waals surface area contributed by atoms with Gasteiger partial charge >= 0.3 is 0 Å². The Balaban J connectivity index is 1.03. The van der Waals surface area contributed by atoms with Gasteiger partial charge in [-0.3, -0.25) is 0 Å². The van der Waals surface area contributed by atoms with Gasteiger partial charge in [0, 0.05) is 11.1 Å². The van der Waals surface area contributed by atoms with Gasteiger partial charge < -0.3 is 4.74 Å². The molecule has 55 heavy (non-hydrogen) atoms. The molecule has 1 heteroatoms. The number of ether oxygens (including phenoxy) is 1. The zero-order valence-corrected chi connectivity index (χ0v) is 29.9. The van der Waals surface area contributed by atoms with E-state index in [9.17, 15) is 0 Å². The van der Waals surface area contributed by atoms with E-state index < -0.39 is 10.8 Å². The van der Waals surface area contributed by atoms with Crippen molar-refractivity contribution in [3.05, 3.63) is 239 Å². The molecule has 3 aliphatic carbocycles. The maximum Gasteiger partial charge on any atom is 0.132 e. The van der Waals surface area contributed by atoms with E-state index >= 15 is 0 Å².